The molecule has 1 unspecified atom stereocenters. The van der Waals surface area contributed by atoms with Gasteiger partial charge in [-0.15, -0.1) is 0 Å². The van der Waals surface area contributed by atoms with Gasteiger partial charge in [-0.3, -0.25) is 0 Å². The van der Waals surface area contributed by atoms with Crippen molar-refractivity contribution in [3.8, 4) is 5.75 Å². The zero-order chi connectivity index (χ0) is 15.6. The van der Waals surface area contributed by atoms with Crippen LogP contribution in [0.4, 0.5) is 0 Å². The molecule has 1 aromatic carbocycles. The van der Waals surface area contributed by atoms with Gasteiger partial charge in [0.2, 0.25) is 0 Å². The smallest absolute Gasteiger partial charge is 0.122 e. The molecule has 0 aliphatic heterocycles. The van der Waals surface area contributed by atoms with Gasteiger partial charge >= 0.3 is 0 Å². The lowest BCUT2D eigenvalue weighted by atomic mass is 9.94. The van der Waals surface area contributed by atoms with Crippen LogP contribution in [-0.4, -0.2) is 29.9 Å². The van der Waals surface area contributed by atoms with Crippen LogP contribution in [0.25, 0.3) is 0 Å². The molecule has 0 heterocycles. The average Bonchev–Trinajstić information content (AvgIpc) is 3.24. The summed E-state index contributed by atoms with van der Waals surface area (Å²) in [4.78, 5) is 0. The summed E-state index contributed by atoms with van der Waals surface area (Å²) in [6.07, 6.45) is 2.35. The number of nitrogens with one attached hydrogen (secondary N) is 1. The van der Waals surface area contributed by atoms with Crippen LogP contribution >= 0.6 is 0 Å². The van der Waals surface area contributed by atoms with Gasteiger partial charge in [0.25, 0.3) is 0 Å². The highest BCUT2D eigenvalue weighted by molar-refractivity contribution is 5.42. The van der Waals surface area contributed by atoms with Crippen LogP contribution in [0.2, 0.25) is 0 Å². The molecule has 0 bridgehead atoms. The molecule has 1 atom stereocenters. The summed E-state index contributed by atoms with van der Waals surface area (Å²) in [5, 5.41) is 13.5. The van der Waals surface area contributed by atoms with E-state index in [1.54, 1.807) is 0 Å². The van der Waals surface area contributed by atoms with E-state index >= 15 is 0 Å². The molecule has 2 rings (SSSR count). The summed E-state index contributed by atoms with van der Waals surface area (Å²) in [7, 11) is 0. The standard InChI is InChI=1S/C18H29NO2/c1-12(2)19-18(10-20,16-6-7-16)11-21-17-9-13(3)8-14(4)15(17)5/h8-9,12,16,19-20H,6-7,10-11H2,1-5H3. The van der Waals surface area contributed by atoms with Crippen LogP contribution in [0.15, 0.2) is 12.1 Å². The summed E-state index contributed by atoms with van der Waals surface area (Å²) in [5.41, 5.74) is 3.35. The van der Waals surface area contributed by atoms with Crippen LogP contribution in [0.5, 0.6) is 5.75 Å². The number of aliphatic hydroxyl groups is 1. The minimum atomic E-state index is -0.307. The van der Waals surface area contributed by atoms with Crippen LogP contribution in [0.1, 0.15) is 43.4 Å². The Kier molecular flexibility index (Phi) is 4.95. The lowest BCUT2D eigenvalue weighted by Gasteiger charge is -2.35. The molecule has 0 amide bonds. The van der Waals surface area contributed by atoms with Crippen LogP contribution < -0.4 is 10.1 Å². The second-order valence-electron chi connectivity index (χ2n) is 6.88. The van der Waals surface area contributed by atoms with E-state index in [4.69, 9.17) is 4.74 Å². The minimum Gasteiger partial charge on any atom is -0.491 e. The summed E-state index contributed by atoms with van der Waals surface area (Å²) < 4.78 is 6.13. The molecule has 1 aliphatic carbocycles. The molecule has 2 N–H and O–H groups in total. The Labute approximate surface area is 128 Å². The van der Waals surface area contributed by atoms with E-state index in [1.165, 1.54) is 29.5 Å². The maximum Gasteiger partial charge on any atom is 0.122 e. The maximum absolute atomic E-state index is 9.95. The Morgan fingerprint density at radius 3 is 2.48 bits per heavy atom. The Morgan fingerprint density at radius 1 is 1.29 bits per heavy atom. The van der Waals surface area contributed by atoms with E-state index in [9.17, 15) is 5.11 Å². The molecule has 1 aliphatic rings. The van der Waals surface area contributed by atoms with E-state index in [0.717, 1.165) is 5.75 Å². The second kappa shape index (κ2) is 6.37. The molecule has 21 heavy (non-hydrogen) atoms. The molecule has 3 heteroatoms. The SMILES string of the molecule is Cc1cc(C)c(C)c(OCC(CO)(NC(C)C)C2CC2)c1. The molecular weight excluding hydrogens is 262 g/mol. The van der Waals surface area contributed by atoms with Crippen molar-refractivity contribution >= 4 is 0 Å². The molecule has 1 aromatic rings. The van der Waals surface area contributed by atoms with Gasteiger partial charge in [0.1, 0.15) is 12.4 Å². The van der Waals surface area contributed by atoms with Crippen molar-refractivity contribution in [2.45, 2.75) is 59.0 Å². The first kappa shape index (κ1) is 16.3. The van der Waals surface area contributed by atoms with E-state index < -0.39 is 0 Å². The van der Waals surface area contributed by atoms with Crippen molar-refractivity contribution in [2.75, 3.05) is 13.2 Å². The van der Waals surface area contributed by atoms with Crippen molar-refractivity contribution in [2.24, 2.45) is 5.92 Å². The van der Waals surface area contributed by atoms with Gasteiger partial charge in [-0.1, -0.05) is 19.9 Å². The molecule has 3 nitrogen and oxygen atoms in total. The van der Waals surface area contributed by atoms with Crippen molar-refractivity contribution in [3.63, 3.8) is 0 Å². The quantitative estimate of drug-likeness (QED) is 0.811. The Bertz CT molecular complexity index is 494. The van der Waals surface area contributed by atoms with Crippen molar-refractivity contribution in [1.29, 1.82) is 0 Å². The first-order chi connectivity index (χ1) is 9.88. The maximum atomic E-state index is 9.95. The molecule has 0 saturated heterocycles. The monoisotopic (exact) mass is 291 g/mol. The van der Waals surface area contributed by atoms with Crippen molar-refractivity contribution < 1.29 is 9.84 Å². The fourth-order valence-corrected chi connectivity index (χ4v) is 3.07. The van der Waals surface area contributed by atoms with Gasteiger partial charge in [-0.2, -0.15) is 0 Å². The number of hydrogen-bond donors (Lipinski definition) is 2. The third-order valence-electron chi connectivity index (χ3n) is 4.47. The third-order valence-corrected chi connectivity index (χ3v) is 4.47. The van der Waals surface area contributed by atoms with Gasteiger partial charge in [0.05, 0.1) is 12.1 Å². The first-order valence-electron chi connectivity index (χ1n) is 7.97. The number of ether oxygens (including phenoxy) is 1. The summed E-state index contributed by atoms with van der Waals surface area (Å²) in [6.45, 7) is 11.2. The first-order valence-corrected chi connectivity index (χ1v) is 7.97. The molecule has 118 valence electrons. The second-order valence-corrected chi connectivity index (χ2v) is 6.88. The van der Waals surface area contributed by atoms with Crippen molar-refractivity contribution in [3.05, 3.63) is 28.8 Å². The highest BCUT2D eigenvalue weighted by Crippen LogP contribution is 2.40. The average molecular weight is 291 g/mol. The molecule has 0 radical (unpaired) electrons. The van der Waals surface area contributed by atoms with Crippen LogP contribution in [-0.2, 0) is 0 Å². The third kappa shape index (κ3) is 3.78. The lowest BCUT2D eigenvalue weighted by Crippen LogP contribution is -2.57. The summed E-state index contributed by atoms with van der Waals surface area (Å²) in [5.74, 6) is 1.47. The fourth-order valence-electron chi connectivity index (χ4n) is 3.07. The molecule has 0 aromatic heterocycles. The number of hydrogen-bond acceptors (Lipinski definition) is 3. The van der Waals surface area contributed by atoms with Gasteiger partial charge in [0, 0.05) is 6.04 Å². The topological polar surface area (TPSA) is 41.5 Å². The van der Waals surface area contributed by atoms with Gasteiger partial charge in [-0.05, 0) is 62.3 Å². The number of aryl methyl sites for hydroxylation is 2. The van der Waals surface area contributed by atoms with Gasteiger partial charge in [0.15, 0.2) is 0 Å². The van der Waals surface area contributed by atoms with E-state index in [1.807, 2.05) is 0 Å². The summed E-state index contributed by atoms with van der Waals surface area (Å²) >= 11 is 0. The van der Waals surface area contributed by atoms with E-state index in [2.05, 4.69) is 52.1 Å². The number of aliphatic hydroxyl groups excluding tert-OH is 1. The molecule has 1 saturated carbocycles. The number of rotatable bonds is 7. The zero-order valence-electron chi connectivity index (χ0n) is 14.0. The Balaban J connectivity index is 2.15. The van der Waals surface area contributed by atoms with E-state index in [-0.39, 0.29) is 12.1 Å². The van der Waals surface area contributed by atoms with Gasteiger partial charge < -0.3 is 15.2 Å². The fraction of sp³-hybridized carbons (Fsp3) is 0.667. The minimum absolute atomic E-state index is 0.125. The van der Waals surface area contributed by atoms with Gasteiger partial charge in [-0.25, -0.2) is 0 Å². The predicted octanol–water partition coefficient (Wildman–Crippen LogP) is 3.13. The van der Waals surface area contributed by atoms with Crippen LogP contribution in [0, 0.1) is 26.7 Å². The normalized spacial score (nSPS) is 17.9. The van der Waals surface area contributed by atoms with E-state index in [0.29, 0.717) is 18.6 Å². The summed E-state index contributed by atoms with van der Waals surface area (Å²) in [6, 6.07) is 4.60. The van der Waals surface area contributed by atoms with Crippen LogP contribution in [0.3, 0.4) is 0 Å². The Hall–Kier alpha value is -1.06. The zero-order valence-corrected chi connectivity index (χ0v) is 14.0. The largest absolute Gasteiger partial charge is 0.491 e. The number of benzene rings is 1. The highest BCUT2D eigenvalue weighted by atomic mass is 16.5. The molecule has 0 spiro atoms. The molecule has 1 fully saturated rings. The molecular formula is C18H29NO2. The predicted molar refractivity (Wildman–Crippen MR) is 87.0 cm³/mol. The highest BCUT2D eigenvalue weighted by Gasteiger charge is 2.45. The lowest BCUT2D eigenvalue weighted by molar-refractivity contribution is 0.0775. The Morgan fingerprint density at radius 2 is 1.95 bits per heavy atom. The van der Waals surface area contributed by atoms with Crippen molar-refractivity contribution in [1.82, 2.24) is 5.32 Å².